The molecule has 51 heavy (non-hydrogen) atoms. The number of ether oxygens (including phenoxy) is 4. The lowest BCUT2D eigenvalue weighted by Crippen LogP contribution is -2.13. The number of carbonyl (C=O) groups is 2. The SMILES string of the molecule is CCCCCC[C@@H](F)COc1ccc(C(=O)Oc2ccc(-c3ccc(OCCCCCCCCCCOC(=O)Cc4cccs4)cc3)cc2)cc1. The number of rotatable bonds is 25. The van der Waals surface area contributed by atoms with Crippen LogP contribution in [0.5, 0.6) is 17.2 Å². The lowest BCUT2D eigenvalue weighted by molar-refractivity contribution is -0.142. The highest BCUT2D eigenvalue weighted by atomic mass is 32.1. The highest BCUT2D eigenvalue weighted by Gasteiger charge is 2.11. The van der Waals surface area contributed by atoms with Crippen molar-refractivity contribution in [3.8, 4) is 28.4 Å². The molecule has 274 valence electrons. The number of alkyl halides is 1. The molecule has 0 fully saturated rings. The minimum Gasteiger partial charge on any atom is -0.494 e. The predicted molar refractivity (Wildman–Crippen MR) is 204 cm³/mol. The molecule has 0 aliphatic carbocycles. The van der Waals surface area contributed by atoms with Crippen molar-refractivity contribution in [2.45, 2.75) is 103 Å². The summed E-state index contributed by atoms with van der Waals surface area (Å²) in [6, 6.07) is 25.9. The van der Waals surface area contributed by atoms with Crippen molar-refractivity contribution in [2.24, 2.45) is 0 Å². The molecule has 3 aromatic carbocycles. The number of hydrogen-bond donors (Lipinski definition) is 0. The molecule has 6 nitrogen and oxygen atoms in total. The van der Waals surface area contributed by atoms with Gasteiger partial charge in [0.05, 0.1) is 25.2 Å². The maximum atomic E-state index is 14.1. The van der Waals surface area contributed by atoms with E-state index >= 15 is 0 Å². The number of carbonyl (C=O) groups excluding carboxylic acids is 2. The second kappa shape index (κ2) is 23.3. The van der Waals surface area contributed by atoms with E-state index in [1.54, 1.807) is 47.7 Å². The quantitative estimate of drug-likeness (QED) is 0.0386. The zero-order valence-electron chi connectivity index (χ0n) is 30.0. The highest BCUT2D eigenvalue weighted by molar-refractivity contribution is 7.10. The van der Waals surface area contributed by atoms with Crippen molar-refractivity contribution in [3.63, 3.8) is 0 Å². The topological polar surface area (TPSA) is 71.1 Å². The van der Waals surface area contributed by atoms with Crippen LogP contribution in [0.15, 0.2) is 90.3 Å². The Labute approximate surface area is 307 Å². The molecule has 0 saturated carbocycles. The molecule has 0 unspecified atom stereocenters. The Balaban J connectivity index is 1.04. The third-order valence-electron chi connectivity index (χ3n) is 8.61. The average molecular weight is 717 g/mol. The van der Waals surface area contributed by atoms with E-state index in [4.69, 9.17) is 18.9 Å². The van der Waals surface area contributed by atoms with E-state index in [9.17, 15) is 14.0 Å². The Kier molecular flexibility index (Phi) is 18.1. The van der Waals surface area contributed by atoms with Gasteiger partial charge in [-0.2, -0.15) is 0 Å². The van der Waals surface area contributed by atoms with Crippen molar-refractivity contribution in [1.29, 1.82) is 0 Å². The van der Waals surface area contributed by atoms with Gasteiger partial charge < -0.3 is 18.9 Å². The van der Waals surface area contributed by atoms with Gasteiger partial charge in [-0.3, -0.25) is 4.79 Å². The minimum absolute atomic E-state index is 0.0150. The summed E-state index contributed by atoms with van der Waals surface area (Å²) in [6.07, 6.45) is 13.1. The number of halogens is 1. The smallest absolute Gasteiger partial charge is 0.343 e. The lowest BCUT2D eigenvalue weighted by atomic mass is 10.1. The van der Waals surface area contributed by atoms with Gasteiger partial charge in [-0.05, 0) is 90.4 Å². The molecule has 0 aliphatic heterocycles. The van der Waals surface area contributed by atoms with Crippen molar-refractivity contribution in [1.82, 2.24) is 0 Å². The fraction of sp³-hybridized carbons (Fsp3) is 0.442. The summed E-state index contributed by atoms with van der Waals surface area (Å²) < 4.78 is 36.5. The second-order valence-corrected chi connectivity index (χ2v) is 13.9. The van der Waals surface area contributed by atoms with Gasteiger partial charge in [-0.15, -0.1) is 11.3 Å². The third kappa shape index (κ3) is 15.7. The van der Waals surface area contributed by atoms with E-state index in [0.717, 1.165) is 73.1 Å². The first-order chi connectivity index (χ1) is 25.0. The van der Waals surface area contributed by atoms with Crippen molar-refractivity contribution < 1.29 is 32.9 Å². The van der Waals surface area contributed by atoms with Crippen LogP contribution in [0.25, 0.3) is 11.1 Å². The van der Waals surface area contributed by atoms with Crippen LogP contribution in [0, 0.1) is 0 Å². The van der Waals surface area contributed by atoms with E-state index < -0.39 is 12.1 Å². The summed E-state index contributed by atoms with van der Waals surface area (Å²) in [5.74, 6) is 1.24. The van der Waals surface area contributed by atoms with Gasteiger partial charge in [0.15, 0.2) is 0 Å². The van der Waals surface area contributed by atoms with Crippen LogP contribution in [0.4, 0.5) is 4.39 Å². The van der Waals surface area contributed by atoms with Crippen LogP contribution in [0.2, 0.25) is 0 Å². The summed E-state index contributed by atoms with van der Waals surface area (Å²) in [6.45, 7) is 3.37. The molecule has 0 spiro atoms. The lowest BCUT2D eigenvalue weighted by Gasteiger charge is -2.11. The minimum atomic E-state index is -0.992. The van der Waals surface area contributed by atoms with Crippen LogP contribution in [-0.2, 0) is 16.0 Å². The normalized spacial score (nSPS) is 11.6. The fourth-order valence-electron chi connectivity index (χ4n) is 5.62. The first-order valence-electron chi connectivity index (χ1n) is 18.6. The molecule has 0 aliphatic rings. The van der Waals surface area contributed by atoms with Crippen LogP contribution in [-0.4, -0.2) is 37.9 Å². The Morgan fingerprint density at radius 1 is 0.647 bits per heavy atom. The number of esters is 2. The summed E-state index contributed by atoms with van der Waals surface area (Å²) in [7, 11) is 0. The van der Waals surface area contributed by atoms with Gasteiger partial charge in [0.2, 0.25) is 0 Å². The zero-order chi connectivity index (χ0) is 35.9. The monoisotopic (exact) mass is 716 g/mol. The van der Waals surface area contributed by atoms with Crippen LogP contribution >= 0.6 is 11.3 Å². The molecule has 0 radical (unpaired) electrons. The molecule has 1 atom stereocenters. The molecule has 4 rings (SSSR count). The summed E-state index contributed by atoms with van der Waals surface area (Å²) in [5.41, 5.74) is 2.45. The van der Waals surface area contributed by atoms with E-state index in [1.165, 1.54) is 25.7 Å². The Bertz CT molecular complexity index is 1520. The van der Waals surface area contributed by atoms with Gasteiger partial charge in [0, 0.05) is 4.88 Å². The fourth-order valence-corrected chi connectivity index (χ4v) is 6.31. The van der Waals surface area contributed by atoms with Gasteiger partial charge in [-0.25, -0.2) is 9.18 Å². The van der Waals surface area contributed by atoms with E-state index in [-0.39, 0.29) is 12.6 Å². The summed E-state index contributed by atoms with van der Waals surface area (Å²) >= 11 is 1.59. The zero-order valence-corrected chi connectivity index (χ0v) is 30.8. The van der Waals surface area contributed by atoms with E-state index in [2.05, 4.69) is 6.92 Å². The Morgan fingerprint density at radius 2 is 1.22 bits per heavy atom. The number of benzene rings is 3. The molecular weight excluding hydrogens is 664 g/mol. The number of unbranched alkanes of at least 4 members (excludes halogenated alkanes) is 10. The average Bonchev–Trinajstić information content (AvgIpc) is 3.67. The first-order valence-corrected chi connectivity index (χ1v) is 19.5. The molecule has 1 aromatic heterocycles. The second-order valence-electron chi connectivity index (χ2n) is 12.9. The van der Waals surface area contributed by atoms with E-state index in [1.807, 2.05) is 53.9 Å². The molecule has 0 amide bonds. The summed E-state index contributed by atoms with van der Waals surface area (Å²) in [4.78, 5) is 25.5. The van der Waals surface area contributed by atoms with Gasteiger partial charge in [-0.1, -0.05) is 101 Å². The van der Waals surface area contributed by atoms with Gasteiger partial charge in [0.1, 0.15) is 30.0 Å². The Hall–Kier alpha value is -4.17. The van der Waals surface area contributed by atoms with Gasteiger partial charge in [0.25, 0.3) is 0 Å². The predicted octanol–water partition coefficient (Wildman–Crippen LogP) is 11.6. The van der Waals surface area contributed by atoms with Crippen LogP contribution in [0.1, 0.15) is 106 Å². The van der Waals surface area contributed by atoms with E-state index in [0.29, 0.717) is 43.1 Å². The summed E-state index contributed by atoms with van der Waals surface area (Å²) in [5, 5.41) is 1.98. The number of thiophene rings is 1. The molecule has 8 heteroatoms. The molecule has 0 N–H and O–H groups in total. The van der Waals surface area contributed by atoms with Crippen molar-refractivity contribution in [2.75, 3.05) is 19.8 Å². The molecule has 4 aromatic rings. The maximum Gasteiger partial charge on any atom is 0.343 e. The largest absolute Gasteiger partial charge is 0.494 e. The van der Waals surface area contributed by atoms with Crippen molar-refractivity contribution >= 4 is 23.3 Å². The molecule has 1 heterocycles. The van der Waals surface area contributed by atoms with Gasteiger partial charge >= 0.3 is 11.9 Å². The molecule has 0 saturated heterocycles. The standard InChI is InChI=1S/C43H53FO6S/c1-2-3-4-11-15-37(44)33-49-39-25-21-36(22-26-39)43(46)50-40-27-19-35(20-28-40)34-17-23-38(24-18-34)47-29-12-9-7-5-6-8-10-13-30-48-42(45)32-41-16-14-31-51-41/h14,16-28,31,37H,2-13,15,29-30,32-33H2,1H3/t37-/m1/s1. The van der Waals surface area contributed by atoms with Crippen molar-refractivity contribution in [3.05, 3.63) is 101 Å². The van der Waals surface area contributed by atoms with Crippen LogP contribution in [0.3, 0.4) is 0 Å². The number of hydrogen-bond acceptors (Lipinski definition) is 7. The van der Waals surface area contributed by atoms with Crippen LogP contribution < -0.4 is 14.2 Å². The maximum absolute atomic E-state index is 14.1. The third-order valence-corrected chi connectivity index (χ3v) is 9.49. The first kappa shape index (κ1) is 39.6. The Morgan fingerprint density at radius 3 is 1.84 bits per heavy atom. The molecular formula is C43H53FO6S. The molecule has 0 bridgehead atoms. The highest BCUT2D eigenvalue weighted by Crippen LogP contribution is 2.26.